The van der Waals surface area contributed by atoms with Gasteiger partial charge in [-0.15, -0.1) is 0 Å². The van der Waals surface area contributed by atoms with Gasteiger partial charge in [0.2, 0.25) is 0 Å². The minimum absolute atomic E-state index is 0.602. The van der Waals surface area contributed by atoms with Crippen molar-refractivity contribution in [3.05, 3.63) is 15.9 Å². The van der Waals surface area contributed by atoms with E-state index in [1.165, 1.54) is 5.69 Å². The van der Waals surface area contributed by atoms with Gasteiger partial charge < -0.3 is 0 Å². The van der Waals surface area contributed by atoms with Crippen molar-refractivity contribution in [3.8, 4) is 0 Å². The summed E-state index contributed by atoms with van der Waals surface area (Å²) in [6.07, 6.45) is 0. The molecule has 0 radical (unpaired) electrons. The molecule has 0 bridgehead atoms. The number of hydrogen-bond donors (Lipinski definition) is 0. The zero-order valence-electron chi connectivity index (χ0n) is 10.3. The lowest BCUT2D eigenvalue weighted by Crippen LogP contribution is -2.37. The standard InChI is InChI=1S/C11H18BrN3OS/c1-3-15-10(11(12)9(2)13-15)8-14-4-6-17(16)7-5-14/h3-8H2,1-2H3. The van der Waals surface area contributed by atoms with Crippen molar-refractivity contribution in [2.24, 2.45) is 0 Å². The van der Waals surface area contributed by atoms with E-state index in [2.05, 4.69) is 32.9 Å². The smallest absolute Gasteiger partial charge is 0.0739 e. The Bertz CT molecular complexity index is 423. The molecule has 1 fully saturated rings. The summed E-state index contributed by atoms with van der Waals surface area (Å²) in [5.74, 6) is 1.60. The monoisotopic (exact) mass is 319 g/mol. The van der Waals surface area contributed by atoms with Crippen molar-refractivity contribution < 1.29 is 4.21 Å². The van der Waals surface area contributed by atoms with E-state index in [0.717, 1.165) is 47.9 Å². The highest BCUT2D eigenvalue weighted by Gasteiger charge is 2.19. The number of aryl methyl sites for hydroxylation is 2. The van der Waals surface area contributed by atoms with E-state index in [0.29, 0.717) is 0 Å². The first-order valence-electron chi connectivity index (χ1n) is 5.91. The maximum absolute atomic E-state index is 11.3. The second-order valence-electron chi connectivity index (χ2n) is 4.29. The molecule has 0 aromatic carbocycles. The Morgan fingerprint density at radius 2 is 2.06 bits per heavy atom. The predicted octanol–water partition coefficient (Wildman–Crippen LogP) is 1.54. The van der Waals surface area contributed by atoms with Gasteiger partial charge in [0.05, 0.1) is 15.9 Å². The summed E-state index contributed by atoms with van der Waals surface area (Å²) in [6.45, 7) is 7.76. The van der Waals surface area contributed by atoms with E-state index in [1.807, 2.05) is 11.6 Å². The maximum Gasteiger partial charge on any atom is 0.0739 e. The van der Waals surface area contributed by atoms with E-state index in [4.69, 9.17) is 0 Å². The van der Waals surface area contributed by atoms with Crippen molar-refractivity contribution in [2.45, 2.75) is 26.9 Å². The van der Waals surface area contributed by atoms with Crippen LogP contribution in [0, 0.1) is 6.92 Å². The molecule has 1 saturated heterocycles. The van der Waals surface area contributed by atoms with Gasteiger partial charge in [-0.05, 0) is 29.8 Å². The SMILES string of the molecule is CCn1nc(C)c(Br)c1CN1CCS(=O)CC1. The molecule has 2 heterocycles. The second kappa shape index (κ2) is 5.63. The third-order valence-corrected chi connectivity index (χ3v) is 5.40. The summed E-state index contributed by atoms with van der Waals surface area (Å²) in [7, 11) is -0.602. The predicted molar refractivity (Wildman–Crippen MR) is 73.5 cm³/mol. The Morgan fingerprint density at radius 3 is 2.65 bits per heavy atom. The molecule has 0 amide bonds. The first-order chi connectivity index (χ1) is 8.11. The zero-order valence-corrected chi connectivity index (χ0v) is 12.7. The van der Waals surface area contributed by atoms with E-state index >= 15 is 0 Å². The molecule has 1 aromatic heterocycles. The van der Waals surface area contributed by atoms with Crippen LogP contribution in [-0.2, 0) is 23.9 Å². The van der Waals surface area contributed by atoms with Crippen LogP contribution in [0.15, 0.2) is 4.47 Å². The van der Waals surface area contributed by atoms with Gasteiger partial charge in [0.1, 0.15) is 0 Å². The topological polar surface area (TPSA) is 38.1 Å². The first-order valence-corrected chi connectivity index (χ1v) is 8.19. The van der Waals surface area contributed by atoms with Crippen molar-refractivity contribution in [2.75, 3.05) is 24.6 Å². The second-order valence-corrected chi connectivity index (χ2v) is 6.78. The molecule has 6 heteroatoms. The molecule has 4 nitrogen and oxygen atoms in total. The van der Waals surface area contributed by atoms with Gasteiger partial charge in [-0.1, -0.05) is 0 Å². The Hall–Kier alpha value is -0.200. The van der Waals surface area contributed by atoms with Gasteiger partial charge in [-0.2, -0.15) is 5.10 Å². The number of hydrogen-bond acceptors (Lipinski definition) is 3. The minimum Gasteiger partial charge on any atom is -0.296 e. The van der Waals surface area contributed by atoms with Crippen LogP contribution in [0.25, 0.3) is 0 Å². The highest BCUT2D eigenvalue weighted by atomic mass is 79.9. The lowest BCUT2D eigenvalue weighted by atomic mass is 10.3. The largest absolute Gasteiger partial charge is 0.296 e. The lowest BCUT2D eigenvalue weighted by Gasteiger charge is -2.26. The summed E-state index contributed by atoms with van der Waals surface area (Å²) in [6, 6.07) is 0. The molecule has 2 rings (SSSR count). The summed E-state index contributed by atoms with van der Waals surface area (Å²) >= 11 is 3.61. The van der Waals surface area contributed by atoms with Gasteiger partial charge in [0.25, 0.3) is 0 Å². The van der Waals surface area contributed by atoms with E-state index in [9.17, 15) is 4.21 Å². The molecule has 0 N–H and O–H groups in total. The average molecular weight is 320 g/mol. The van der Waals surface area contributed by atoms with Crippen molar-refractivity contribution in [1.82, 2.24) is 14.7 Å². The fraction of sp³-hybridized carbons (Fsp3) is 0.727. The van der Waals surface area contributed by atoms with Crippen LogP contribution >= 0.6 is 15.9 Å². The fourth-order valence-electron chi connectivity index (χ4n) is 2.07. The van der Waals surface area contributed by atoms with Crippen molar-refractivity contribution in [3.63, 3.8) is 0 Å². The van der Waals surface area contributed by atoms with E-state index < -0.39 is 10.8 Å². The van der Waals surface area contributed by atoms with Crippen LogP contribution in [0.5, 0.6) is 0 Å². The quantitative estimate of drug-likeness (QED) is 0.848. The molecule has 0 spiro atoms. The van der Waals surface area contributed by atoms with E-state index in [-0.39, 0.29) is 0 Å². The number of rotatable bonds is 3. The van der Waals surface area contributed by atoms with Crippen LogP contribution in [0.4, 0.5) is 0 Å². The molecule has 96 valence electrons. The third kappa shape index (κ3) is 2.98. The number of halogens is 1. The van der Waals surface area contributed by atoms with E-state index in [1.54, 1.807) is 0 Å². The molecule has 1 aromatic rings. The summed E-state index contributed by atoms with van der Waals surface area (Å²) in [4.78, 5) is 2.36. The third-order valence-electron chi connectivity index (χ3n) is 3.10. The molecular weight excluding hydrogens is 302 g/mol. The zero-order chi connectivity index (χ0) is 12.4. The molecule has 0 atom stereocenters. The van der Waals surface area contributed by atoms with Crippen molar-refractivity contribution in [1.29, 1.82) is 0 Å². The summed E-state index contributed by atoms with van der Waals surface area (Å²) in [5.41, 5.74) is 2.28. The molecule has 1 aliphatic heterocycles. The average Bonchev–Trinajstić information content (AvgIpc) is 2.59. The normalized spacial score (nSPS) is 18.8. The number of aromatic nitrogens is 2. The Labute approximate surface area is 113 Å². The summed E-state index contributed by atoms with van der Waals surface area (Å²) < 4.78 is 14.5. The van der Waals surface area contributed by atoms with Crippen LogP contribution in [-0.4, -0.2) is 43.5 Å². The van der Waals surface area contributed by atoms with Crippen LogP contribution in [0.3, 0.4) is 0 Å². The van der Waals surface area contributed by atoms with Gasteiger partial charge in [-0.25, -0.2) is 0 Å². The maximum atomic E-state index is 11.3. The minimum atomic E-state index is -0.602. The fourth-order valence-corrected chi connectivity index (χ4v) is 3.60. The van der Waals surface area contributed by atoms with Gasteiger partial charge in [0, 0.05) is 48.5 Å². The Balaban J connectivity index is 2.10. The molecule has 1 aliphatic rings. The van der Waals surface area contributed by atoms with Gasteiger partial charge in [0.15, 0.2) is 0 Å². The molecular formula is C11H18BrN3OS. The van der Waals surface area contributed by atoms with Crippen LogP contribution < -0.4 is 0 Å². The summed E-state index contributed by atoms with van der Waals surface area (Å²) in [5, 5.41) is 4.49. The Kier molecular flexibility index (Phi) is 4.38. The van der Waals surface area contributed by atoms with Crippen molar-refractivity contribution >= 4 is 26.7 Å². The number of nitrogens with zero attached hydrogens (tertiary/aromatic N) is 3. The molecule has 0 unspecified atom stereocenters. The van der Waals surface area contributed by atoms with Crippen LogP contribution in [0.1, 0.15) is 18.3 Å². The highest BCUT2D eigenvalue weighted by molar-refractivity contribution is 9.10. The molecule has 17 heavy (non-hydrogen) atoms. The lowest BCUT2D eigenvalue weighted by molar-refractivity contribution is 0.281. The van der Waals surface area contributed by atoms with Gasteiger partial charge >= 0.3 is 0 Å². The first kappa shape index (κ1) is 13.2. The Morgan fingerprint density at radius 1 is 1.41 bits per heavy atom. The molecule has 0 aliphatic carbocycles. The van der Waals surface area contributed by atoms with Crippen LogP contribution in [0.2, 0.25) is 0 Å². The van der Waals surface area contributed by atoms with Gasteiger partial charge in [-0.3, -0.25) is 13.8 Å². The molecule has 0 saturated carbocycles. The highest BCUT2D eigenvalue weighted by Crippen LogP contribution is 2.22.